The Kier molecular flexibility index (Phi) is 5.70. The predicted octanol–water partition coefficient (Wildman–Crippen LogP) is 2.41. The van der Waals surface area contributed by atoms with Gasteiger partial charge in [-0.05, 0) is 41.5 Å². The van der Waals surface area contributed by atoms with Crippen molar-refractivity contribution < 1.29 is 13.2 Å². The van der Waals surface area contributed by atoms with Crippen LogP contribution in [0.3, 0.4) is 0 Å². The van der Waals surface area contributed by atoms with Crippen molar-refractivity contribution in [3.8, 4) is 0 Å². The number of rotatable bonds is 5. The standard InChI is InChI=1S/C19H22N2O3S2/c1-25-17-9-7-14(8-10-17)12-20-19(22)18-11-15-5-3-4-6-16(15)13-21(18)26(2,23)24/h3-10,18H,11-13H2,1-2H3,(H,20,22). The van der Waals surface area contributed by atoms with Crippen molar-refractivity contribution in [2.75, 3.05) is 12.5 Å². The van der Waals surface area contributed by atoms with Gasteiger partial charge in [0.1, 0.15) is 6.04 Å². The van der Waals surface area contributed by atoms with Crippen molar-refractivity contribution in [1.82, 2.24) is 9.62 Å². The van der Waals surface area contributed by atoms with Crippen molar-refractivity contribution in [3.05, 3.63) is 65.2 Å². The molecule has 26 heavy (non-hydrogen) atoms. The number of hydrogen-bond donors (Lipinski definition) is 1. The van der Waals surface area contributed by atoms with Gasteiger partial charge in [-0.2, -0.15) is 4.31 Å². The van der Waals surface area contributed by atoms with Crippen molar-refractivity contribution in [2.45, 2.75) is 30.4 Å². The van der Waals surface area contributed by atoms with E-state index in [1.54, 1.807) is 11.8 Å². The highest BCUT2D eigenvalue weighted by atomic mass is 32.2. The zero-order valence-corrected chi connectivity index (χ0v) is 16.4. The van der Waals surface area contributed by atoms with Crippen molar-refractivity contribution >= 4 is 27.7 Å². The Morgan fingerprint density at radius 3 is 2.42 bits per heavy atom. The third kappa shape index (κ3) is 4.28. The molecule has 0 fully saturated rings. The number of nitrogens with zero attached hydrogens (tertiary/aromatic N) is 1. The normalized spacial score (nSPS) is 17.5. The van der Waals surface area contributed by atoms with Gasteiger partial charge < -0.3 is 5.32 Å². The molecular weight excluding hydrogens is 368 g/mol. The fourth-order valence-electron chi connectivity index (χ4n) is 3.12. The van der Waals surface area contributed by atoms with Crippen molar-refractivity contribution in [2.24, 2.45) is 0 Å². The van der Waals surface area contributed by atoms with Crippen molar-refractivity contribution in [3.63, 3.8) is 0 Å². The lowest BCUT2D eigenvalue weighted by atomic mass is 9.95. The lowest BCUT2D eigenvalue weighted by molar-refractivity contribution is -0.125. The van der Waals surface area contributed by atoms with E-state index in [1.165, 1.54) is 4.31 Å². The van der Waals surface area contributed by atoms with E-state index in [-0.39, 0.29) is 12.5 Å². The molecule has 5 nitrogen and oxygen atoms in total. The van der Waals surface area contributed by atoms with Crippen LogP contribution in [0.5, 0.6) is 0 Å². The Morgan fingerprint density at radius 2 is 1.81 bits per heavy atom. The minimum atomic E-state index is -3.48. The quantitative estimate of drug-likeness (QED) is 0.796. The summed E-state index contributed by atoms with van der Waals surface area (Å²) < 4.78 is 25.7. The van der Waals surface area contributed by atoms with E-state index in [1.807, 2.05) is 54.8 Å². The van der Waals surface area contributed by atoms with Gasteiger partial charge in [0.05, 0.1) is 6.26 Å². The lowest BCUT2D eigenvalue weighted by Gasteiger charge is -2.34. The van der Waals surface area contributed by atoms with Gasteiger partial charge in [-0.15, -0.1) is 11.8 Å². The zero-order valence-electron chi connectivity index (χ0n) is 14.8. The fourth-order valence-corrected chi connectivity index (χ4v) is 4.54. The minimum Gasteiger partial charge on any atom is -0.351 e. The molecule has 0 bridgehead atoms. The summed E-state index contributed by atoms with van der Waals surface area (Å²) in [6.07, 6.45) is 3.56. The number of amides is 1. The van der Waals surface area contributed by atoms with Crippen LogP contribution in [0.25, 0.3) is 0 Å². The molecule has 1 amide bonds. The molecule has 3 rings (SSSR count). The Hall–Kier alpha value is -1.83. The van der Waals surface area contributed by atoms with Crippen LogP contribution < -0.4 is 5.32 Å². The molecule has 2 aromatic rings. The second-order valence-electron chi connectivity index (χ2n) is 6.36. The summed E-state index contributed by atoms with van der Waals surface area (Å²) in [7, 11) is -3.48. The molecule has 1 N–H and O–H groups in total. The second kappa shape index (κ2) is 7.82. The number of sulfonamides is 1. The third-order valence-electron chi connectivity index (χ3n) is 4.56. The van der Waals surface area contributed by atoms with Crippen LogP contribution in [-0.4, -0.2) is 37.2 Å². The summed E-state index contributed by atoms with van der Waals surface area (Å²) >= 11 is 1.66. The maximum Gasteiger partial charge on any atom is 0.239 e. The smallest absolute Gasteiger partial charge is 0.239 e. The molecule has 0 aromatic heterocycles. The predicted molar refractivity (Wildman–Crippen MR) is 104 cm³/mol. The van der Waals surface area contributed by atoms with Crippen LogP contribution in [0.2, 0.25) is 0 Å². The van der Waals surface area contributed by atoms with Gasteiger partial charge in [-0.1, -0.05) is 36.4 Å². The van der Waals surface area contributed by atoms with Crippen LogP contribution in [0.15, 0.2) is 53.4 Å². The molecule has 1 heterocycles. The van der Waals surface area contributed by atoms with Crippen LogP contribution >= 0.6 is 11.8 Å². The van der Waals surface area contributed by atoms with Gasteiger partial charge in [0.2, 0.25) is 15.9 Å². The molecule has 1 aliphatic rings. The first kappa shape index (κ1) is 18.9. The molecule has 1 unspecified atom stereocenters. The monoisotopic (exact) mass is 390 g/mol. The van der Waals surface area contributed by atoms with E-state index in [4.69, 9.17) is 0 Å². The SMILES string of the molecule is CSc1ccc(CNC(=O)C2Cc3ccccc3CN2S(C)(=O)=O)cc1. The van der Waals surface area contributed by atoms with Crippen LogP contribution in [0.4, 0.5) is 0 Å². The number of benzene rings is 2. The molecule has 138 valence electrons. The summed E-state index contributed by atoms with van der Waals surface area (Å²) in [6.45, 7) is 0.610. The Bertz CT molecular complexity index is 895. The van der Waals surface area contributed by atoms with Gasteiger partial charge in [0.25, 0.3) is 0 Å². The summed E-state index contributed by atoms with van der Waals surface area (Å²) in [6, 6.07) is 14.9. The fraction of sp³-hybridized carbons (Fsp3) is 0.316. The van der Waals surface area contributed by atoms with Crippen molar-refractivity contribution in [1.29, 1.82) is 0 Å². The zero-order chi connectivity index (χ0) is 18.7. The average molecular weight is 391 g/mol. The number of hydrogen-bond acceptors (Lipinski definition) is 4. The molecule has 0 aliphatic carbocycles. The summed E-state index contributed by atoms with van der Waals surface area (Å²) in [5, 5.41) is 2.89. The first-order chi connectivity index (χ1) is 12.4. The molecule has 0 radical (unpaired) electrons. The summed E-state index contributed by atoms with van der Waals surface area (Å²) in [5.74, 6) is -0.265. The summed E-state index contributed by atoms with van der Waals surface area (Å²) in [5.41, 5.74) is 2.96. The van der Waals surface area contributed by atoms with Gasteiger partial charge in [0, 0.05) is 18.0 Å². The molecule has 1 aliphatic heterocycles. The number of carbonyl (C=O) groups excluding carboxylic acids is 1. The molecule has 1 atom stereocenters. The van der Waals surface area contributed by atoms with Crippen LogP contribution in [0, 0.1) is 0 Å². The maximum absolute atomic E-state index is 12.7. The van der Waals surface area contributed by atoms with Gasteiger partial charge in [-0.3, -0.25) is 4.79 Å². The number of thioether (sulfide) groups is 1. The topological polar surface area (TPSA) is 66.5 Å². The van der Waals surface area contributed by atoms with E-state index in [0.29, 0.717) is 13.0 Å². The van der Waals surface area contributed by atoms with Gasteiger partial charge in [0.15, 0.2) is 0 Å². The lowest BCUT2D eigenvalue weighted by Crippen LogP contribution is -2.52. The van der Waals surface area contributed by atoms with Gasteiger partial charge in [-0.25, -0.2) is 8.42 Å². The van der Waals surface area contributed by atoms with Gasteiger partial charge >= 0.3 is 0 Å². The molecule has 2 aromatic carbocycles. The molecule has 7 heteroatoms. The molecule has 0 saturated heterocycles. The Labute approximate surface area is 158 Å². The highest BCUT2D eigenvalue weighted by molar-refractivity contribution is 7.98. The molecule has 0 saturated carbocycles. The van der Waals surface area contributed by atoms with E-state index >= 15 is 0 Å². The van der Waals surface area contributed by atoms with Crippen LogP contribution in [-0.2, 0) is 34.3 Å². The van der Waals surface area contributed by atoms with E-state index < -0.39 is 16.1 Å². The third-order valence-corrected chi connectivity index (χ3v) is 6.54. The highest BCUT2D eigenvalue weighted by Crippen LogP contribution is 2.25. The van der Waals surface area contributed by atoms with Crippen LogP contribution in [0.1, 0.15) is 16.7 Å². The largest absolute Gasteiger partial charge is 0.351 e. The average Bonchev–Trinajstić information content (AvgIpc) is 2.64. The van der Waals surface area contributed by atoms with E-state index in [9.17, 15) is 13.2 Å². The number of fused-ring (bicyclic) bond motifs is 1. The summed E-state index contributed by atoms with van der Waals surface area (Å²) in [4.78, 5) is 13.9. The molecule has 0 spiro atoms. The highest BCUT2D eigenvalue weighted by Gasteiger charge is 2.36. The minimum absolute atomic E-state index is 0.232. The number of carbonyl (C=O) groups is 1. The second-order valence-corrected chi connectivity index (χ2v) is 9.18. The first-order valence-electron chi connectivity index (χ1n) is 8.32. The maximum atomic E-state index is 12.7. The number of nitrogens with one attached hydrogen (secondary N) is 1. The Balaban J connectivity index is 1.75. The Morgan fingerprint density at radius 1 is 1.15 bits per heavy atom. The van der Waals surface area contributed by atoms with E-state index in [0.717, 1.165) is 27.8 Å². The molecular formula is C19H22N2O3S2. The van der Waals surface area contributed by atoms with E-state index in [2.05, 4.69) is 5.32 Å². The first-order valence-corrected chi connectivity index (χ1v) is 11.4.